The fourth-order valence-electron chi connectivity index (χ4n) is 3.62. The summed E-state index contributed by atoms with van der Waals surface area (Å²) in [5, 5.41) is 35.4. The number of aliphatic hydroxyl groups excluding tert-OH is 1. The third-order valence-electron chi connectivity index (χ3n) is 6.10. The topological polar surface area (TPSA) is 224 Å². The lowest BCUT2D eigenvalue weighted by molar-refractivity contribution is -0.147. The van der Waals surface area contributed by atoms with Crippen LogP contribution < -0.4 is 21.7 Å². The van der Waals surface area contributed by atoms with Crippen LogP contribution in [0.25, 0.3) is 10.9 Å². The molecule has 3 amide bonds. The Balaban J connectivity index is 2.25. The van der Waals surface area contributed by atoms with Crippen LogP contribution in [0.4, 0.5) is 0 Å². The smallest absolute Gasteiger partial charge is 0.326 e. The zero-order chi connectivity index (χ0) is 27.7. The van der Waals surface area contributed by atoms with E-state index in [4.69, 9.17) is 15.9 Å². The van der Waals surface area contributed by atoms with E-state index >= 15 is 0 Å². The van der Waals surface area contributed by atoms with E-state index in [0.717, 1.165) is 10.9 Å². The molecule has 0 fully saturated rings. The maximum atomic E-state index is 13.2. The number of aliphatic hydroxyl groups is 1. The Morgan fingerprint density at radius 2 is 1.54 bits per heavy atom. The van der Waals surface area contributed by atoms with E-state index in [1.54, 1.807) is 13.1 Å². The number of nitrogens with one attached hydrogen (secondary N) is 4. The molecule has 13 nitrogen and oxygen atoms in total. The van der Waals surface area contributed by atoms with Crippen molar-refractivity contribution in [2.75, 3.05) is 6.61 Å². The first kappa shape index (κ1) is 29.3. The van der Waals surface area contributed by atoms with Gasteiger partial charge < -0.3 is 42.0 Å². The van der Waals surface area contributed by atoms with Gasteiger partial charge in [-0.05, 0) is 17.5 Å². The molecule has 0 saturated carbocycles. The Morgan fingerprint density at radius 1 is 0.946 bits per heavy atom. The van der Waals surface area contributed by atoms with Crippen LogP contribution in [-0.2, 0) is 30.4 Å². The molecule has 2 rings (SSSR count). The van der Waals surface area contributed by atoms with E-state index in [-0.39, 0.29) is 12.3 Å². The number of para-hydroxylation sites is 1. The number of rotatable bonds is 14. The second-order valence-electron chi connectivity index (χ2n) is 8.78. The number of carboxylic acids is 2. The van der Waals surface area contributed by atoms with Crippen molar-refractivity contribution in [2.45, 2.75) is 57.3 Å². The van der Waals surface area contributed by atoms with Crippen LogP contribution in [0, 0.1) is 5.92 Å². The van der Waals surface area contributed by atoms with E-state index in [9.17, 15) is 29.1 Å². The molecule has 1 aromatic carbocycles. The molecule has 202 valence electrons. The monoisotopic (exact) mass is 519 g/mol. The molecule has 5 atom stereocenters. The fraction of sp³-hybridized carbons (Fsp3) is 0.458. The quantitative estimate of drug-likeness (QED) is 0.154. The van der Waals surface area contributed by atoms with Gasteiger partial charge in [-0.25, -0.2) is 4.79 Å². The lowest BCUT2D eigenvalue weighted by atomic mass is 9.98. The standard InChI is InChI=1S/C24H33N5O8/c1-3-12(2)20(25)23(35)27-16(8-13-10-26-15-7-5-4-6-14(13)15)21(33)29-18(11-30)22(34)28-17(24(36)37)9-19(31)32/h4-7,10,12,16-18,20,26,30H,3,8-9,11,25H2,1-2H3,(H,27,35)(H,28,34)(H,29,33)(H,31,32)(H,36,37). The van der Waals surface area contributed by atoms with Crippen molar-refractivity contribution in [1.29, 1.82) is 0 Å². The van der Waals surface area contributed by atoms with Crippen LogP contribution in [0.1, 0.15) is 32.3 Å². The number of hydrogen-bond donors (Lipinski definition) is 8. The lowest BCUT2D eigenvalue weighted by Gasteiger charge is -2.25. The summed E-state index contributed by atoms with van der Waals surface area (Å²) in [5.41, 5.74) is 7.53. The van der Waals surface area contributed by atoms with Gasteiger partial charge in [0.1, 0.15) is 18.1 Å². The molecule has 9 N–H and O–H groups in total. The number of carboxylic acid groups (broad SMARTS) is 2. The minimum Gasteiger partial charge on any atom is -0.481 e. The number of aromatic nitrogens is 1. The van der Waals surface area contributed by atoms with Gasteiger partial charge in [-0.1, -0.05) is 38.5 Å². The number of aliphatic carboxylic acids is 2. The summed E-state index contributed by atoms with van der Waals surface area (Å²) >= 11 is 0. The summed E-state index contributed by atoms with van der Waals surface area (Å²) in [6, 6.07) is 1.85. The van der Waals surface area contributed by atoms with Crippen molar-refractivity contribution in [3.8, 4) is 0 Å². The van der Waals surface area contributed by atoms with Crippen molar-refractivity contribution in [3.63, 3.8) is 0 Å². The molecule has 37 heavy (non-hydrogen) atoms. The van der Waals surface area contributed by atoms with Gasteiger partial charge in [-0.2, -0.15) is 0 Å². The number of amides is 3. The summed E-state index contributed by atoms with van der Waals surface area (Å²) in [7, 11) is 0. The molecule has 1 heterocycles. The van der Waals surface area contributed by atoms with Crippen LogP contribution in [-0.4, -0.2) is 80.7 Å². The Labute approximate surface area is 212 Å². The van der Waals surface area contributed by atoms with E-state index in [1.807, 2.05) is 36.5 Å². The number of aromatic amines is 1. The molecule has 0 aliphatic rings. The minimum absolute atomic E-state index is 0.0192. The van der Waals surface area contributed by atoms with Gasteiger partial charge in [-0.3, -0.25) is 19.2 Å². The zero-order valence-corrected chi connectivity index (χ0v) is 20.6. The minimum atomic E-state index is -1.77. The molecular formula is C24H33N5O8. The van der Waals surface area contributed by atoms with Crippen LogP contribution in [0.15, 0.2) is 30.5 Å². The summed E-state index contributed by atoms with van der Waals surface area (Å²) in [6.45, 7) is 2.76. The molecule has 2 aromatic rings. The van der Waals surface area contributed by atoms with Crippen molar-refractivity contribution < 1.29 is 39.3 Å². The maximum Gasteiger partial charge on any atom is 0.326 e. The van der Waals surface area contributed by atoms with Gasteiger partial charge in [0.2, 0.25) is 17.7 Å². The molecule has 0 aliphatic carbocycles. The number of hydrogen-bond acceptors (Lipinski definition) is 7. The second kappa shape index (κ2) is 13.4. The summed E-state index contributed by atoms with van der Waals surface area (Å²) in [6.07, 6.45) is 1.43. The lowest BCUT2D eigenvalue weighted by Crippen LogP contribution is -2.59. The largest absolute Gasteiger partial charge is 0.481 e. The molecule has 0 radical (unpaired) electrons. The number of H-pyrrole nitrogens is 1. The Morgan fingerprint density at radius 3 is 2.14 bits per heavy atom. The SMILES string of the molecule is CCC(C)C(N)C(=O)NC(Cc1c[nH]c2ccccc12)C(=O)NC(CO)C(=O)NC(CC(=O)O)C(=O)O. The van der Waals surface area contributed by atoms with Gasteiger partial charge in [0.15, 0.2) is 0 Å². The molecule has 0 saturated heterocycles. The van der Waals surface area contributed by atoms with Crippen LogP contribution in [0.5, 0.6) is 0 Å². The molecule has 5 unspecified atom stereocenters. The van der Waals surface area contributed by atoms with E-state index in [1.165, 1.54) is 0 Å². The van der Waals surface area contributed by atoms with Crippen molar-refractivity contribution in [1.82, 2.24) is 20.9 Å². The number of nitrogens with two attached hydrogens (primary N) is 1. The number of carbonyl (C=O) groups is 5. The Kier molecular flexibility index (Phi) is 10.6. The van der Waals surface area contributed by atoms with Gasteiger partial charge in [0, 0.05) is 23.5 Å². The normalized spacial score (nSPS) is 15.1. The first-order valence-electron chi connectivity index (χ1n) is 11.8. The van der Waals surface area contributed by atoms with E-state index in [2.05, 4.69) is 15.6 Å². The predicted octanol–water partition coefficient (Wildman–Crippen LogP) is -0.910. The fourth-order valence-corrected chi connectivity index (χ4v) is 3.62. The average Bonchev–Trinajstić information content (AvgIpc) is 3.27. The second-order valence-corrected chi connectivity index (χ2v) is 8.78. The molecular weight excluding hydrogens is 486 g/mol. The maximum absolute atomic E-state index is 13.2. The molecule has 0 aliphatic heterocycles. The van der Waals surface area contributed by atoms with Crippen LogP contribution >= 0.6 is 0 Å². The van der Waals surface area contributed by atoms with Crippen molar-refractivity contribution >= 4 is 40.6 Å². The van der Waals surface area contributed by atoms with Crippen LogP contribution in [0.3, 0.4) is 0 Å². The average molecular weight is 520 g/mol. The summed E-state index contributed by atoms with van der Waals surface area (Å²) in [4.78, 5) is 63.7. The van der Waals surface area contributed by atoms with Gasteiger partial charge >= 0.3 is 11.9 Å². The van der Waals surface area contributed by atoms with Gasteiger partial charge in [-0.15, -0.1) is 0 Å². The number of benzene rings is 1. The highest BCUT2D eigenvalue weighted by Gasteiger charge is 2.32. The first-order valence-corrected chi connectivity index (χ1v) is 11.8. The van der Waals surface area contributed by atoms with Crippen LogP contribution in [0.2, 0.25) is 0 Å². The third-order valence-corrected chi connectivity index (χ3v) is 6.10. The third kappa shape index (κ3) is 8.02. The summed E-state index contributed by atoms with van der Waals surface area (Å²) in [5.74, 6) is -5.73. The summed E-state index contributed by atoms with van der Waals surface area (Å²) < 4.78 is 0. The Bertz CT molecular complexity index is 1130. The van der Waals surface area contributed by atoms with Crippen molar-refractivity contribution in [3.05, 3.63) is 36.0 Å². The van der Waals surface area contributed by atoms with Gasteiger partial charge in [0.25, 0.3) is 0 Å². The number of carbonyl (C=O) groups excluding carboxylic acids is 3. The first-order chi connectivity index (χ1) is 17.5. The molecule has 0 spiro atoms. The van der Waals surface area contributed by atoms with Gasteiger partial charge in [0.05, 0.1) is 19.1 Å². The molecule has 1 aromatic heterocycles. The van der Waals surface area contributed by atoms with E-state index < -0.39 is 66.9 Å². The highest BCUT2D eigenvalue weighted by atomic mass is 16.4. The highest BCUT2D eigenvalue weighted by Crippen LogP contribution is 2.19. The molecule has 13 heteroatoms. The molecule has 0 bridgehead atoms. The van der Waals surface area contributed by atoms with Crippen molar-refractivity contribution in [2.24, 2.45) is 11.7 Å². The van der Waals surface area contributed by atoms with E-state index in [0.29, 0.717) is 12.0 Å². The Hall–Kier alpha value is -3.97. The highest BCUT2D eigenvalue weighted by molar-refractivity contribution is 5.95. The number of fused-ring (bicyclic) bond motifs is 1. The predicted molar refractivity (Wildman–Crippen MR) is 132 cm³/mol. The zero-order valence-electron chi connectivity index (χ0n) is 20.6.